The second-order valence-electron chi connectivity index (χ2n) is 7.91. The Morgan fingerprint density at radius 3 is 2.79 bits per heavy atom. The fourth-order valence-electron chi connectivity index (χ4n) is 4.50. The number of aryl methyl sites for hydroxylation is 1. The van der Waals surface area contributed by atoms with Gasteiger partial charge in [0.25, 0.3) is 0 Å². The molecule has 0 bridgehead atoms. The fourth-order valence-corrected chi connectivity index (χ4v) is 5.59. The number of fused-ring (bicyclic) bond motifs is 1. The number of aromatic nitrogens is 3. The molecule has 0 spiro atoms. The zero-order chi connectivity index (χ0) is 20.0. The molecule has 5 nitrogen and oxygen atoms in total. The van der Waals surface area contributed by atoms with Crippen LogP contribution < -0.4 is 0 Å². The summed E-state index contributed by atoms with van der Waals surface area (Å²) in [7, 11) is 0. The van der Waals surface area contributed by atoms with Crippen molar-refractivity contribution in [1.29, 1.82) is 0 Å². The predicted octanol–water partition coefficient (Wildman–Crippen LogP) is 4.53. The maximum Gasteiger partial charge on any atom is 0.160 e. The standard InChI is InChI=1S/C23H25N5S/c1-15-11-19(17(3)27(15)14-18-7-6-9-24-12-18)22-21(20-8-4-5-10-25-20)26-23-28(22)13-16(2)29-23/h4-12,16,21-22H,13-14H2,1-3H3/t16-,21+,22+/m0/s1. The van der Waals surface area contributed by atoms with Gasteiger partial charge in [-0.2, -0.15) is 0 Å². The van der Waals surface area contributed by atoms with E-state index in [-0.39, 0.29) is 12.1 Å². The lowest BCUT2D eigenvalue weighted by Gasteiger charge is -2.27. The monoisotopic (exact) mass is 403 g/mol. The molecular formula is C23H25N5S. The first-order valence-corrected chi connectivity index (χ1v) is 11.0. The fraction of sp³-hybridized carbons (Fsp3) is 0.348. The molecule has 1 fully saturated rings. The minimum Gasteiger partial charge on any atom is -0.344 e. The van der Waals surface area contributed by atoms with Crippen molar-refractivity contribution in [3.63, 3.8) is 0 Å². The topological polar surface area (TPSA) is 46.3 Å². The maximum absolute atomic E-state index is 5.12. The van der Waals surface area contributed by atoms with Crippen molar-refractivity contribution in [2.75, 3.05) is 6.54 Å². The van der Waals surface area contributed by atoms with Crippen LogP contribution in [0.5, 0.6) is 0 Å². The number of pyridine rings is 2. The van der Waals surface area contributed by atoms with Crippen LogP contribution in [0.25, 0.3) is 0 Å². The van der Waals surface area contributed by atoms with Gasteiger partial charge in [-0.05, 0) is 49.2 Å². The van der Waals surface area contributed by atoms with E-state index in [1.165, 1.54) is 22.5 Å². The summed E-state index contributed by atoms with van der Waals surface area (Å²) >= 11 is 1.89. The molecule has 1 saturated heterocycles. The Labute approximate surface area is 175 Å². The van der Waals surface area contributed by atoms with E-state index in [2.05, 4.69) is 64.5 Å². The zero-order valence-electron chi connectivity index (χ0n) is 17.0. The lowest BCUT2D eigenvalue weighted by molar-refractivity contribution is 0.320. The Morgan fingerprint density at radius 2 is 2.03 bits per heavy atom. The van der Waals surface area contributed by atoms with Crippen molar-refractivity contribution in [3.8, 4) is 0 Å². The van der Waals surface area contributed by atoms with E-state index in [9.17, 15) is 0 Å². The number of hydrogen-bond donors (Lipinski definition) is 0. The van der Waals surface area contributed by atoms with Crippen LogP contribution >= 0.6 is 11.8 Å². The summed E-state index contributed by atoms with van der Waals surface area (Å²) in [5.41, 5.74) is 6.20. The van der Waals surface area contributed by atoms with Crippen molar-refractivity contribution < 1.29 is 0 Å². The van der Waals surface area contributed by atoms with Crippen LogP contribution in [0.15, 0.2) is 60.0 Å². The van der Waals surface area contributed by atoms with Gasteiger partial charge < -0.3 is 9.47 Å². The van der Waals surface area contributed by atoms with Gasteiger partial charge >= 0.3 is 0 Å². The summed E-state index contributed by atoms with van der Waals surface area (Å²) < 4.78 is 2.40. The number of thioether (sulfide) groups is 1. The highest BCUT2D eigenvalue weighted by atomic mass is 32.2. The molecule has 5 heterocycles. The van der Waals surface area contributed by atoms with E-state index < -0.39 is 0 Å². The molecule has 3 aromatic heterocycles. The van der Waals surface area contributed by atoms with Gasteiger partial charge in [0.1, 0.15) is 6.04 Å². The Bertz CT molecular complexity index is 1040. The minimum atomic E-state index is 0.0403. The van der Waals surface area contributed by atoms with Crippen LogP contribution in [0.1, 0.15) is 47.2 Å². The maximum atomic E-state index is 5.12. The van der Waals surface area contributed by atoms with Crippen LogP contribution in [0.3, 0.4) is 0 Å². The van der Waals surface area contributed by atoms with Gasteiger partial charge in [-0.1, -0.05) is 30.8 Å². The number of rotatable bonds is 4. The van der Waals surface area contributed by atoms with Gasteiger partial charge in [0.05, 0.1) is 11.7 Å². The third kappa shape index (κ3) is 3.25. The molecule has 0 amide bonds. The van der Waals surface area contributed by atoms with Crippen molar-refractivity contribution in [3.05, 3.63) is 83.2 Å². The van der Waals surface area contributed by atoms with Crippen molar-refractivity contribution in [2.45, 2.75) is 44.6 Å². The van der Waals surface area contributed by atoms with Gasteiger partial charge in [-0.25, -0.2) is 0 Å². The summed E-state index contributed by atoms with van der Waals surface area (Å²) in [6, 6.07) is 12.9. The van der Waals surface area contributed by atoms with Crippen LogP contribution in [0.2, 0.25) is 0 Å². The lowest BCUT2D eigenvalue weighted by atomic mass is 9.96. The molecule has 0 N–H and O–H groups in total. The normalized spacial score (nSPS) is 23.3. The number of aliphatic imine (C=N–C) groups is 1. The Hall–Kier alpha value is -2.60. The minimum absolute atomic E-state index is 0.0403. The molecule has 3 atom stereocenters. The SMILES string of the molecule is Cc1cc([C@@H]2[C@@H](c3ccccn3)N=C3S[C@@H](C)CN32)c(C)n1Cc1cccnc1. The molecule has 29 heavy (non-hydrogen) atoms. The highest BCUT2D eigenvalue weighted by molar-refractivity contribution is 8.14. The molecule has 2 aliphatic rings. The molecule has 148 valence electrons. The van der Waals surface area contributed by atoms with Crippen LogP contribution in [0.4, 0.5) is 0 Å². The molecule has 2 aliphatic heterocycles. The second-order valence-corrected chi connectivity index (χ2v) is 9.32. The third-order valence-corrected chi connectivity index (χ3v) is 6.98. The molecule has 0 radical (unpaired) electrons. The lowest BCUT2D eigenvalue weighted by Crippen LogP contribution is -2.29. The number of amidine groups is 1. The number of hydrogen-bond acceptors (Lipinski definition) is 5. The smallest absolute Gasteiger partial charge is 0.160 e. The van der Waals surface area contributed by atoms with Gasteiger partial charge in [-0.15, -0.1) is 0 Å². The van der Waals surface area contributed by atoms with Gasteiger partial charge in [-0.3, -0.25) is 15.0 Å². The van der Waals surface area contributed by atoms with Crippen molar-refractivity contribution in [2.24, 2.45) is 4.99 Å². The van der Waals surface area contributed by atoms with Crippen molar-refractivity contribution >= 4 is 16.9 Å². The summed E-state index contributed by atoms with van der Waals surface area (Å²) in [6.07, 6.45) is 5.65. The molecule has 0 aliphatic carbocycles. The van der Waals surface area contributed by atoms with Gasteiger partial charge in [0, 0.05) is 48.3 Å². The largest absolute Gasteiger partial charge is 0.344 e. The number of nitrogens with zero attached hydrogens (tertiary/aromatic N) is 5. The summed E-state index contributed by atoms with van der Waals surface area (Å²) in [6.45, 7) is 8.58. The van der Waals surface area contributed by atoms with Crippen LogP contribution in [0, 0.1) is 13.8 Å². The summed E-state index contributed by atoms with van der Waals surface area (Å²) in [4.78, 5) is 16.5. The first-order chi connectivity index (χ1) is 14.1. The Morgan fingerprint density at radius 1 is 1.14 bits per heavy atom. The molecule has 0 unspecified atom stereocenters. The van der Waals surface area contributed by atoms with Crippen molar-refractivity contribution in [1.82, 2.24) is 19.4 Å². The van der Waals surface area contributed by atoms with E-state index in [4.69, 9.17) is 4.99 Å². The zero-order valence-corrected chi connectivity index (χ0v) is 17.8. The molecule has 6 heteroatoms. The summed E-state index contributed by atoms with van der Waals surface area (Å²) in [5.74, 6) is 0. The average Bonchev–Trinajstić information content (AvgIpc) is 3.35. The van der Waals surface area contributed by atoms with E-state index in [1.807, 2.05) is 42.5 Å². The average molecular weight is 404 g/mol. The van der Waals surface area contributed by atoms with Gasteiger partial charge in [0.2, 0.25) is 0 Å². The Balaban J connectivity index is 1.55. The molecule has 3 aromatic rings. The van der Waals surface area contributed by atoms with E-state index in [0.29, 0.717) is 5.25 Å². The highest BCUT2D eigenvalue weighted by Crippen LogP contribution is 2.48. The predicted molar refractivity (Wildman–Crippen MR) is 118 cm³/mol. The van der Waals surface area contributed by atoms with E-state index in [0.717, 1.165) is 24.0 Å². The van der Waals surface area contributed by atoms with Crippen LogP contribution in [-0.4, -0.2) is 36.4 Å². The third-order valence-electron chi connectivity index (χ3n) is 5.88. The van der Waals surface area contributed by atoms with Gasteiger partial charge in [0.15, 0.2) is 5.17 Å². The second kappa shape index (κ2) is 7.34. The molecule has 5 rings (SSSR count). The molecular weight excluding hydrogens is 378 g/mol. The Kier molecular flexibility index (Phi) is 4.66. The molecule has 0 saturated carbocycles. The molecule has 0 aromatic carbocycles. The van der Waals surface area contributed by atoms with E-state index >= 15 is 0 Å². The highest BCUT2D eigenvalue weighted by Gasteiger charge is 2.44. The first-order valence-electron chi connectivity index (χ1n) is 10.1. The first kappa shape index (κ1) is 18.4. The van der Waals surface area contributed by atoms with Crippen LogP contribution in [-0.2, 0) is 6.54 Å². The quantitative estimate of drug-likeness (QED) is 0.642. The summed E-state index contributed by atoms with van der Waals surface area (Å²) in [5, 5.41) is 1.73. The van der Waals surface area contributed by atoms with E-state index in [1.54, 1.807) is 0 Å².